The fourth-order valence-electron chi connectivity index (χ4n) is 2.88. The normalized spacial score (nSPS) is 24.7. The molecule has 2 rings (SSSR count). The molecular weight excluding hydrogens is 327 g/mol. The van der Waals surface area contributed by atoms with Crippen molar-refractivity contribution in [3.8, 4) is 0 Å². The van der Waals surface area contributed by atoms with Crippen molar-refractivity contribution in [3.63, 3.8) is 0 Å². The van der Waals surface area contributed by atoms with Crippen molar-refractivity contribution >= 4 is 5.91 Å². The van der Waals surface area contributed by atoms with Gasteiger partial charge in [-0.2, -0.15) is 13.2 Å². The van der Waals surface area contributed by atoms with E-state index in [0.717, 1.165) is 10.8 Å². The Morgan fingerprint density at radius 3 is 2.62 bits per heavy atom. The number of amides is 1. The summed E-state index contributed by atoms with van der Waals surface area (Å²) in [6.45, 7) is 4.06. The van der Waals surface area contributed by atoms with Crippen molar-refractivity contribution in [3.05, 3.63) is 18.2 Å². The summed E-state index contributed by atoms with van der Waals surface area (Å²) in [5.41, 5.74) is -3.33. The van der Waals surface area contributed by atoms with E-state index in [4.69, 9.17) is 4.74 Å². The van der Waals surface area contributed by atoms with Crippen LogP contribution in [0.5, 0.6) is 0 Å². The Morgan fingerprint density at radius 1 is 1.46 bits per heavy atom. The maximum absolute atomic E-state index is 13.5. The minimum atomic E-state index is -5.02. The summed E-state index contributed by atoms with van der Waals surface area (Å²) in [5, 5.41) is 10.3. The lowest BCUT2D eigenvalue weighted by Crippen LogP contribution is -2.53. The summed E-state index contributed by atoms with van der Waals surface area (Å²) in [7, 11) is 1.34. The summed E-state index contributed by atoms with van der Waals surface area (Å²) < 4.78 is 47.2. The Bertz CT molecular complexity index is 590. The molecule has 0 aliphatic carbocycles. The average Bonchev–Trinajstić information content (AvgIpc) is 2.91. The van der Waals surface area contributed by atoms with Gasteiger partial charge in [0.05, 0.1) is 18.6 Å². The van der Waals surface area contributed by atoms with Crippen LogP contribution in [0.15, 0.2) is 12.4 Å². The van der Waals surface area contributed by atoms with Gasteiger partial charge in [0.2, 0.25) is 11.5 Å². The van der Waals surface area contributed by atoms with Crippen LogP contribution in [0.2, 0.25) is 0 Å². The van der Waals surface area contributed by atoms with E-state index in [-0.39, 0.29) is 25.3 Å². The summed E-state index contributed by atoms with van der Waals surface area (Å²) in [6, 6.07) is 0. The van der Waals surface area contributed by atoms with Gasteiger partial charge in [-0.3, -0.25) is 4.79 Å². The molecule has 1 saturated heterocycles. The average molecular weight is 349 g/mol. The number of aryl methyl sites for hydroxylation is 1. The molecule has 6 nitrogen and oxygen atoms in total. The number of morpholine rings is 1. The molecule has 24 heavy (non-hydrogen) atoms. The van der Waals surface area contributed by atoms with Gasteiger partial charge in [-0.1, -0.05) is 6.92 Å². The number of ether oxygens (including phenoxy) is 1. The maximum atomic E-state index is 13.5. The van der Waals surface area contributed by atoms with Gasteiger partial charge in [-0.25, -0.2) is 4.98 Å². The van der Waals surface area contributed by atoms with Crippen molar-refractivity contribution in [2.75, 3.05) is 13.1 Å². The fourth-order valence-corrected chi connectivity index (χ4v) is 2.88. The Morgan fingerprint density at radius 2 is 2.12 bits per heavy atom. The molecule has 2 heterocycles. The van der Waals surface area contributed by atoms with Crippen LogP contribution in [0, 0.1) is 0 Å². The maximum Gasteiger partial charge on any atom is 0.425 e. The molecule has 1 N–H and O–H groups in total. The molecule has 1 aliphatic heterocycles. The number of carbonyl (C=O) groups is 1. The van der Waals surface area contributed by atoms with Crippen molar-refractivity contribution < 1.29 is 27.8 Å². The Balaban J connectivity index is 2.24. The molecule has 0 saturated carbocycles. The summed E-state index contributed by atoms with van der Waals surface area (Å²) in [6.07, 6.45) is -3.52. The highest BCUT2D eigenvalue weighted by Crippen LogP contribution is 2.41. The van der Waals surface area contributed by atoms with Crippen LogP contribution in [0.3, 0.4) is 0 Å². The first kappa shape index (κ1) is 18.7. The smallest absolute Gasteiger partial charge is 0.374 e. The lowest BCUT2D eigenvalue weighted by atomic mass is 9.96. The second-order valence-electron chi connectivity index (χ2n) is 6.17. The predicted octanol–water partition coefficient (Wildman–Crippen LogP) is 1.59. The number of carbonyl (C=O) groups excluding carboxylic acids is 1. The molecule has 3 atom stereocenters. The zero-order valence-corrected chi connectivity index (χ0v) is 13.9. The number of imidazole rings is 1. The second kappa shape index (κ2) is 6.72. The van der Waals surface area contributed by atoms with Crippen LogP contribution in [0.1, 0.15) is 32.5 Å². The highest BCUT2D eigenvalue weighted by atomic mass is 19.4. The topological polar surface area (TPSA) is 67.6 Å². The molecule has 9 heteroatoms. The predicted molar refractivity (Wildman–Crippen MR) is 79.0 cm³/mol. The summed E-state index contributed by atoms with van der Waals surface area (Å²) >= 11 is 0. The van der Waals surface area contributed by atoms with Crippen LogP contribution < -0.4 is 0 Å². The third kappa shape index (κ3) is 3.56. The van der Waals surface area contributed by atoms with Crippen molar-refractivity contribution in [1.29, 1.82) is 0 Å². The zero-order valence-electron chi connectivity index (χ0n) is 13.9. The van der Waals surface area contributed by atoms with E-state index in [1.54, 1.807) is 6.92 Å². The van der Waals surface area contributed by atoms with Crippen LogP contribution in [0.4, 0.5) is 13.2 Å². The van der Waals surface area contributed by atoms with E-state index in [0.29, 0.717) is 6.42 Å². The number of aliphatic hydroxyl groups is 1. The van der Waals surface area contributed by atoms with Crippen LogP contribution in [-0.2, 0) is 22.2 Å². The molecule has 3 unspecified atom stereocenters. The van der Waals surface area contributed by atoms with Crippen LogP contribution in [0.25, 0.3) is 0 Å². The first-order chi connectivity index (χ1) is 11.1. The summed E-state index contributed by atoms with van der Waals surface area (Å²) in [5.74, 6) is -1.37. The number of rotatable bonds is 4. The van der Waals surface area contributed by atoms with E-state index >= 15 is 0 Å². The van der Waals surface area contributed by atoms with Gasteiger partial charge in [0.15, 0.2) is 5.82 Å². The molecule has 0 spiro atoms. The van der Waals surface area contributed by atoms with Crippen molar-refractivity contribution in [1.82, 2.24) is 14.5 Å². The third-order valence-corrected chi connectivity index (χ3v) is 4.20. The fraction of sp³-hybridized carbons (Fsp3) is 0.733. The first-order valence-corrected chi connectivity index (χ1v) is 7.78. The van der Waals surface area contributed by atoms with Gasteiger partial charge >= 0.3 is 6.18 Å². The van der Waals surface area contributed by atoms with Gasteiger partial charge in [0.25, 0.3) is 0 Å². The molecule has 0 radical (unpaired) electrons. The van der Waals surface area contributed by atoms with Gasteiger partial charge in [-0.05, 0) is 13.3 Å². The molecule has 0 bridgehead atoms. The summed E-state index contributed by atoms with van der Waals surface area (Å²) in [4.78, 5) is 17.4. The number of aromatic nitrogens is 2. The number of halogens is 3. The van der Waals surface area contributed by atoms with E-state index in [9.17, 15) is 23.1 Å². The van der Waals surface area contributed by atoms with Gasteiger partial charge in [-0.15, -0.1) is 0 Å². The first-order valence-electron chi connectivity index (χ1n) is 7.78. The number of alkyl halides is 3. The molecule has 1 aromatic heterocycles. The van der Waals surface area contributed by atoms with Crippen molar-refractivity contribution in [2.24, 2.45) is 7.05 Å². The van der Waals surface area contributed by atoms with Crippen LogP contribution >= 0.6 is 0 Å². The molecule has 1 aromatic rings. The quantitative estimate of drug-likeness (QED) is 0.896. The largest absolute Gasteiger partial charge is 0.425 e. The number of nitrogens with zero attached hydrogens (tertiary/aromatic N) is 3. The second-order valence-corrected chi connectivity index (χ2v) is 6.17. The molecule has 0 aromatic carbocycles. The SMILES string of the molecule is CCC1CN(C(=O)CC(O)(c2nccn2C)C(F)(F)F)CC(C)O1. The van der Waals surface area contributed by atoms with Crippen LogP contribution in [-0.4, -0.2) is 56.9 Å². The monoisotopic (exact) mass is 349 g/mol. The Hall–Kier alpha value is -1.61. The van der Waals surface area contributed by atoms with Gasteiger partial charge < -0.3 is 19.3 Å². The number of hydrogen-bond donors (Lipinski definition) is 1. The molecule has 1 aliphatic rings. The minimum Gasteiger partial charge on any atom is -0.374 e. The van der Waals surface area contributed by atoms with Gasteiger partial charge in [0, 0.05) is 32.5 Å². The molecular formula is C15H22F3N3O3. The molecule has 1 amide bonds. The Labute approximate surface area is 138 Å². The molecule has 136 valence electrons. The third-order valence-electron chi connectivity index (χ3n) is 4.20. The lowest BCUT2D eigenvalue weighted by Gasteiger charge is -2.38. The van der Waals surface area contributed by atoms with E-state index in [2.05, 4.69) is 4.98 Å². The number of hydrogen-bond acceptors (Lipinski definition) is 4. The van der Waals surface area contributed by atoms with Gasteiger partial charge in [0.1, 0.15) is 0 Å². The zero-order chi connectivity index (χ0) is 18.1. The van der Waals surface area contributed by atoms with E-state index in [1.165, 1.54) is 18.1 Å². The van der Waals surface area contributed by atoms with E-state index in [1.807, 2.05) is 6.92 Å². The highest BCUT2D eigenvalue weighted by Gasteiger charge is 2.59. The molecule has 1 fully saturated rings. The van der Waals surface area contributed by atoms with Crippen molar-refractivity contribution in [2.45, 2.75) is 50.7 Å². The lowest BCUT2D eigenvalue weighted by molar-refractivity contribution is -0.272. The standard InChI is InChI=1S/C15H22F3N3O3/c1-4-11-9-21(8-10(2)24-11)12(22)7-14(23,15(16,17)18)13-19-5-6-20(13)3/h5-6,10-11,23H,4,7-9H2,1-3H3. The highest BCUT2D eigenvalue weighted by molar-refractivity contribution is 5.77. The van der Waals surface area contributed by atoms with E-state index < -0.39 is 29.9 Å². The minimum absolute atomic E-state index is 0.198. The Kier molecular flexibility index (Phi) is 5.24.